The van der Waals surface area contributed by atoms with E-state index in [1.807, 2.05) is 24.7 Å². The summed E-state index contributed by atoms with van der Waals surface area (Å²) >= 11 is 0.384. The molecule has 0 aliphatic rings. The fraction of sp³-hybridized carbons (Fsp3) is 0. The predicted octanol–water partition coefficient (Wildman–Crippen LogP) is 1.84. The Kier molecular flexibility index (Phi) is 1.48. The number of hydrogen-bond donors (Lipinski definition) is 0. The summed E-state index contributed by atoms with van der Waals surface area (Å²) in [6, 6.07) is 6.20. The van der Waals surface area contributed by atoms with Crippen molar-refractivity contribution < 1.29 is 0 Å². The Hall–Kier alpha value is -1.18. The van der Waals surface area contributed by atoms with Crippen molar-refractivity contribution in [3.8, 4) is 0 Å². The van der Waals surface area contributed by atoms with E-state index in [9.17, 15) is 0 Å². The zero-order valence-corrected chi connectivity index (χ0v) is 8.48. The molecule has 0 aromatic carbocycles. The number of nitrogens with zero attached hydrogens (tertiary/aromatic N) is 2. The van der Waals surface area contributed by atoms with Crippen molar-refractivity contribution in [3.63, 3.8) is 0 Å². The van der Waals surface area contributed by atoms with Crippen molar-refractivity contribution in [2.75, 3.05) is 0 Å². The minimum atomic E-state index is 0.384. The average molecular weight is 233 g/mol. The van der Waals surface area contributed by atoms with Gasteiger partial charge in [0.25, 0.3) is 0 Å². The van der Waals surface area contributed by atoms with Crippen LogP contribution >= 0.6 is 0 Å². The molecule has 3 rings (SSSR count). The summed E-state index contributed by atoms with van der Waals surface area (Å²) in [6.07, 6.45) is 5.65. The van der Waals surface area contributed by atoms with Gasteiger partial charge in [0.15, 0.2) is 0 Å². The van der Waals surface area contributed by atoms with E-state index >= 15 is 0 Å². The number of rotatable bonds is 0. The second kappa shape index (κ2) is 2.66. The van der Waals surface area contributed by atoms with Crippen LogP contribution in [0.1, 0.15) is 0 Å². The van der Waals surface area contributed by atoms with Crippen LogP contribution in [0.25, 0.3) is 19.4 Å². The Morgan fingerprint density at radius 1 is 1.08 bits per heavy atom. The van der Waals surface area contributed by atoms with Crippen LogP contribution in [-0.2, 0) is 0 Å². The van der Waals surface area contributed by atoms with Gasteiger partial charge in [-0.2, -0.15) is 0 Å². The minimum absolute atomic E-state index is 0.384. The third kappa shape index (κ3) is 1.01. The van der Waals surface area contributed by atoms with Crippen LogP contribution in [-0.4, -0.2) is 24.5 Å². The monoisotopic (exact) mass is 234 g/mol. The van der Waals surface area contributed by atoms with Crippen LogP contribution in [0.3, 0.4) is 0 Å². The van der Waals surface area contributed by atoms with Gasteiger partial charge in [0.05, 0.1) is 0 Å². The van der Waals surface area contributed by atoms with Crippen molar-refractivity contribution in [2.45, 2.75) is 0 Å². The van der Waals surface area contributed by atoms with Crippen molar-refractivity contribution in [2.24, 2.45) is 0 Å². The third-order valence-electron chi connectivity index (χ3n) is 2.05. The quantitative estimate of drug-likeness (QED) is 0.554. The molecule has 0 saturated heterocycles. The summed E-state index contributed by atoms with van der Waals surface area (Å²) in [6.45, 7) is 0. The first kappa shape index (κ1) is 7.24. The normalized spacial score (nSPS) is 11.1. The van der Waals surface area contributed by atoms with E-state index in [-0.39, 0.29) is 0 Å². The Morgan fingerprint density at radius 2 is 2.08 bits per heavy atom. The standard InChI is InChI=1S/C10H6N2Se/c1-2-7-8-6-11-5-3-9(8)13-10(7)12-4-1/h1-6H. The average Bonchev–Trinajstić information content (AvgIpc) is 2.56. The zero-order valence-electron chi connectivity index (χ0n) is 6.77. The van der Waals surface area contributed by atoms with Crippen LogP contribution in [0, 0.1) is 0 Å². The molecule has 0 saturated carbocycles. The van der Waals surface area contributed by atoms with E-state index in [1.165, 1.54) is 19.4 Å². The fourth-order valence-corrected chi connectivity index (χ4v) is 3.58. The maximum absolute atomic E-state index is 4.37. The summed E-state index contributed by atoms with van der Waals surface area (Å²) in [5.74, 6) is 0. The van der Waals surface area contributed by atoms with Gasteiger partial charge in [0.2, 0.25) is 0 Å². The van der Waals surface area contributed by atoms with Crippen LogP contribution in [0.5, 0.6) is 0 Å². The van der Waals surface area contributed by atoms with Crippen molar-refractivity contribution in [1.29, 1.82) is 0 Å². The van der Waals surface area contributed by atoms with Gasteiger partial charge in [-0.1, -0.05) is 0 Å². The van der Waals surface area contributed by atoms with Gasteiger partial charge in [-0.25, -0.2) is 0 Å². The molecule has 2 nitrogen and oxygen atoms in total. The van der Waals surface area contributed by atoms with E-state index in [2.05, 4.69) is 22.1 Å². The van der Waals surface area contributed by atoms with E-state index < -0.39 is 0 Å². The molecule has 0 unspecified atom stereocenters. The summed E-state index contributed by atoms with van der Waals surface area (Å²) in [5.41, 5.74) is 0. The molecular weight excluding hydrogens is 227 g/mol. The molecule has 62 valence electrons. The second-order valence-corrected chi connectivity index (χ2v) is 4.99. The molecule has 0 atom stereocenters. The molecule has 0 fully saturated rings. The molecule has 0 aliphatic heterocycles. The molecule has 3 aromatic heterocycles. The van der Waals surface area contributed by atoms with Gasteiger partial charge in [-0.15, -0.1) is 0 Å². The molecule has 0 N–H and O–H groups in total. The van der Waals surface area contributed by atoms with Crippen molar-refractivity contribution in [3.05, 3.63) is 36.8 Å². The Labute approximate surface area is 81.0 Å². The summed E-state index contributed by atoms with van der Waals surface area (Å²) in [5, 5.41) is 2.54. The number of fused-ring (bicyclic) bond motifs is 3. The van der Waals surface area contributed by atoms with Crippen molar-refractivity contribution >= 4 is 33.9 Å². The number of hydrogen-bond acceptors (Lipinski definition) is 2. The van der Waals surface area contributed by atoms with Crippen LogP contribution in [0.15, 0.2) is 36.8 Å². The summed E-state index contributed by atoms with van der Waals surface area (Å²) in [4.78, 5) is 8.51. The Balaban J connectivity index is 2.64. The molecule has 3 heterocycles. The SMILES string of the molecule is c1cnc2[se]c3ccncc3c2c1. The molecule has 0 amide bonds. The maximum atomic E-state index is 4.37. The third-order valence-corrected chi connectivity index (χ3v) is 4.35. The molecule has 0 aliphatic carbocycles. The number of pyridine rings is 2. The van der Waals surface area contributed by atoms with Gasteiger partial charge < -0.3 is 0 Å². The van der Waals surface area contributed by atoms with Gasteiger partial charge >= 0.3 is 80.7 Å². The van der Waals surface area contributed by atoms with E-state index in [4.69, 9.17) is 0 Å². The molecular formula is C10H6N2Se. The van der Waals surface area contributed by atoms with Crippen molar-refractivity contribution in [1.82, 2.24) is 9.97 Å². The van der Waals surface area contributed by atoms with Crippen LogP contribution < -0.4 is 0 Å². The molecule has 0 spiro atoms. The Morgan fingerprint density at radius 3 is 3.08 bits per heavy atom. The van der Waals surface area contributed by atoms with E-state index in [1.54, 1.807) is 0 Å². The zero-order chi connectivity index (χ0) is 8.67. The second-order valence-electron chi connectivity index (χ2n) is 2.83. The van der Waals surface area contributed by atoms with E-state index in [0.29, 0.717) is 14.5 Å². The first-order chi connectivity index (χ1) is 6.45. The molecule has 3 heteroatoms. The van der Waals surface area contributed by atoms with Gasteiger partial charge in [0, 0.05) is 0 Å². The van der Waals surface area contributed by atoms with Crippen LogP contribution in [0.4, 0.5) is 0 Å². The fourth-order valence-electron chi connectivity index (χ4n) is 1.45. The van der Waals surface area contributed by atoms with Gasteiger partial charge in [-0.05, 0) is 0 Å². The first-order valence-corrected chi connectivity index (χ1v) is 5.74. The van der Waals surface area contributed by atoms with Gasteiger partial charge in [-0.3, -0.25) is 0 Å². The Bertz CT molecular complexity index is 521. The molecule has 3 aromatic rings. The predicted molar refractivity (Wildman–Crippen MR) is 54.0 cm³/mol. The van der Waals surface area contributed by atoms with Gasteiger partial charge in [0.1, 0.15) is 0 Å². The molecule has 13 heavy (non-hydrogen) atoms. The van der Waals surface area contributed by atoms with E-state index in [0.717, 1.165) is 0 Å². The summed E-state index contributed by atoms with van der Waals surface area (Å²) in [7, 11) is 0. The molecule has 0 radical (unpaired) electrons. The van der Waals surface area contributed by atoms with Crippen LogP contribution in [0.2, 0.25) is 0 Å². The topological polar surface area (TPSA) is 25.8 Å². The number of aromatic nitrogens is 2. The summed E-state index contributed by atoms with van der Waals surface area (Å²) < 4.78 is 2.63. The molecule has 0 bridgehead atoms. The first-order valence-electron chi connectivity index (χ1n) is 4.02.